The summed E-state index contributed by atoms with van der Waals surface area (Å²) in [6.07, 6.45) is 4.85. The first-order valence-electron chi connectivity index (χ1n) is 8.24. The fraction of sp³-hybridized carbons (Fsp3) is 0.368. The second-order valence-corrected chi connectivity index (χ2v) is 6.38. The van der Waals surface area contributed by atoms with E-state index < -0.39 is 12.0 Å². The van der Waals surface area contributed by atoms with Crippen LogP contribution in [0.2, 0.25) is 0 Å². The van der Waals surface area contributed by atoms with Crippen LogP contribution >= 0.6 is 0 Å². The Balaban J connectivity index is 1.71. The van der Waals surface area contributed by atoms with Gasteiger partial charge in [0.1, 0.15) is 11.8 Å². The number of allylic oxidation sites excluding steroid dienone is 2. The molecular formula is C19H19NO5. The Labute approximate surface area is 145 Å². The van der Waals surface area contributed by atoms with Crippen molar-refractivity contribution in [2.75, 3.05) is 0 Å². The maximum atomic E-state index is 12.5. The lowest BCUT2D eigenvalue weighted by Crippen LogP contribution is -2.45. The lowest BCUT2D eigenvalue weighted by molar-refractivity contribution is -0.152. The summed E-state index contributed by atoms with van der Waals surface area (Å²) in [6, 6.07) is 5.15. The molecule has 0 spiro atoms. The van der Waals surface area contributed by atoms with E-state index in [1.54, 1.807) is 12.1 Å². The Morgan fingerprint density at radius 2 is 1.56 bits per heavy atom. The van der Waals surface area contributed by atoms with Gasteiger partial charge in [0.2, 0.25) is 11.8 Å². The van der Waals surface area contributed by atoms with Crippen molar-refractivity contribution in [1.82, 2.24) is 4.90 Å². The van der Waals surface area contributed by atoms with Crippen molar-refractivity contribution in [3.8, 4) is 5.75 Å². The largest absolute Gasteiger partial charge is 0.425 e. The number of ketones is 1. The molecule has 0 N–H and O–H groups in total. The Hall–Kier alpha value is -2.76. The van der Waals surface area contributed by atoms with Crippen LogP contribution in [0.3, 0.4) is 0 Å². The number of amides is 2. The summed E-state index contributed by atoms with van der Waals surface area (Å²) >= 11 is 0. The normalized spacial score (nSPS) is 23.4. The number of carbonyl (C=O) groups is 4. The molecule has 1 heterocycles. The third kappa shape index (κ3) is 3.12. The number of fused-ring (bicyclic) bond motifs is 1. The standard InChI is InChI=1S/C19H19NO5/c1-11(19(24)25-14-9-7-13(8-10-14)12(2)21)20-17(22)15-5-3-4-6-16(15)18(20)23/h3-4,7-11,15-16H,5-6H2,1-2H3/t11-,15+,16+/m0/s1. The highest BCUT2D eigenvalue weighted by molar-refractivity contribution is 6.08. The van der Waals surface area contributed by atoms with Gasteiger partial charge in [0, 0.05) is 5.56 Å². The summed E-state index contributed by atoms with van der Waals surface area (Å²) < 4.78 is 5.26. The molecule has 0 bridgehead atoms. The molecule has 2 amide bonds. The molecule has 3 atom stereocenters. The average molecular weight is 341 g/mol. The summed E-state index contributed by atoms with van der Waals surface area (Å²) in [5.74, 6) is -1.86. The van der Waals surface area contributed by atoms with E-state index in [9.17, 15) is 19.2 Å². The van der Waals surface area contributed by atoms with Gasteiger partial charge in [-0.2, -0.15) is 0 Å². The molecule has 25 heavy (non-hydrogen) atoms. The van der Waals surface area contributed by atoms with Crippen LogP contribution in [0.4, 0.5) is 0 Å². The SMILES string of the molecule is CC(=O)c1ccc(OC(=O)[C@H](C)N2C(=O)[C@@H]3CC=CC[C@H]3C2=O)cc1. The first-order valence-corrected chi connectivity index (χ1v) is 8.24. The Morgan fingerprint density at radius 1 is 1.04 bits per heavy atom. The number of benzene rings is 1. The van der Waals surface area contributed by atoms with Gasteiger partial charge in [-0.25, -0.2) is 4.79 Å². The minimum Gasteiger partial charge on any atom is -0.425 e. The van der Waals surface area contributed by atoms with Crippen LogP contribution in [-0.2, 0) is 14.4 Å². The number of Topliss-reactive ketones (excluding diaryl/α,β-unsaturated/α-hetero) is 1. The number of carbonyl (C=O) groups excluding carboxylic acids is 4. The van der Waals surface area contributed by atoms with E-state index in [1.165, 1.54) is 26.0 Å². The van der Waals surface area contributed by atoms with E-state index in [0.717, 1.165) is 4.90 Å². The smallest absolute Gasteiger partial charge is 0.334 e. The number of nitrogens with zero attached hydrogens (tertiary/aromatic N) is 1. The van der Waals surface area contributed by atoms with Crippen LogP contribution in [0.5, 0.6) is 5.75 Å². The molecule has 1 aliphatic heterocycles. The van der Waals surface area contributed by atoms with Crippen molar-refractivity contribution >= 4 is 23.6 Å². The fourth-order valence-electron chi connectivity index (χ4n) is 3.27. The third-order valence-electron chi connectivity index (χ3n) is 4.75. The number of imide groups is 1. The average Bonchev–Trinajstić information content (AvgIpc) is 2.86. The van der Waals surface area contributed by atoms with E-state index in [1.807, 2.05) is 12.2 Å². The Kier molecular flexibility index (Phi) is 4.53. The van der Waals surface area contributed by atoms with Crippen molar-refractivity contribution in [2.24, 2.45) is 11.8 Å². The zero-order valence-corrected chi connectivity index (χ0v) is 14.1. The number of rotatable bonds is 4. The van der Waals surface area contributed by atoms with Crippen LogP contribution < -0.4 is 4.74 Å². The summed E-state index contributed by atoms with van der Waals surface area (Å²) in [5.41, 5.74) is 0.509. The minimum absolute atomic E-state index is 0.0873. The van der Waals surface area contributed by atoms with E-state index >= 15 is 0 Å². The highest BCUT2D eigenvalue weighted by Gasteiger charge is 2.50. The van der Waals surface area contributed by atoms with Gasteiger partial charge in [-0.3, -0.25) is 19.3 Å². The van der Waals surface area contributed by atoms with Gasteiger partial charge in [-0.15, -0.1) is 0 Å². The number of esters is 1. The molecule has 0 aromatic heterocycles. The summed E-state index contributed by atoms with van der Waals surface area (Å²) in [6.45, 7) is 2.94. The number of hydrogen-bond donors (Lipinski definition) is 0. The molecule has 0 saturated carbocycles. The van der Waals surface area contributed by atoms with E-state index in [4.69, 9.17) is 4.74 Å². The van der Waals surface area contributed by atoms with Crippen molar-refractivity contribution in [2.45, 2.75) is 32.7 Å². The van der Waals surface area contributed by atoms with Crippen LogP contribution in [-0.4, -0.2) is 34.5 Å². The van der Waals surface area contributed by atoms with E-state index in [0.29, 0.717) is 18.4 Å². The van der Waals surface area contributed by atoms with Gasteiger partial charge >= 0.3 is 5.97 Å². The second kappa shape index (κ2) is 6.63. The van der Waals surface area contributed by atoms with Crippen molar-refractivity contribution in [1.29, 1.82) is 0 Å². The monoisotopic (exact) mass is 341 g/mol. The zero-order valence-electron chi connectivity index (χ0n) is 14.1. The Bertz CT molecular complexity index is 739. The molecular weight excluding hydrogens is 322 g/mol. The molecule has 1 saturated heterocycles. The van der Waals surface area contributed by atoms with Crippen LogP contribution in [0.15, 0.2) is 36.4 Å². The van der Waals surface area contributed by atoms with Crippen molar-refractivity contribution in [3.63, 3.8) is 0 Å². The number of hydrogen-bond acceptors (Lipinski definition) is 5. The van der Waals surface area contributed by atoms with Gasteiger partial charge in [0.25, 0.3) is 0 Å². The third-order valence-corrected chi connectivity index (χ3v) is 4.75. The summed E-state index contributed by atoms with van der Waals surface area (Å²) in [7, 11) is 0. The lowest BCUT2D eigenvalue weighted by atomic mass is 9.85. The van der Waals surface area contributed by atoms with E-state index in [2.05, 4.69) is 0 Å². The summed E-state index contributed by atoms with van der Waals surface area (Å²) in [4.78, 5) is 49.7. The van der Waals surface area contributed by atoms with E-state index in [-0.39, 0.29) is 35.2 Å². The lowest BCUT2D eigenvalue weighted by Gasteiger charge is -2.21. The molecule has 6 heteroatoms. The molecule has 6 nitrogen and oxygen atoms in total. The van der Waals surface area contributed by atoms with Crippen molar-refractivity contribution in [3.05, 3.63) is 42.0 Å². The molecule has 3 rings (SSSR count). The second-order valence-electron chi connectivity index (χ2n) is 6.38. The quantitative estimate of drug-likeness (QED) is 0.275. The molecule has 2 aliphatic rings. The van der Waals surface area contributed by atoms with Gasteiger partial charge < -0.3 is 4.74 Å². The first-order chi connectivity index (χ1) is 11.9. The van der Waals surface area contributed by atoms with Crippen LogP contribution in [0, 0.1) is 11.8 Å². The maximum Gasteiger partial charge on any atom is 0.334 e. The topological polar surface area (TPSA) is 80.8 Å². The zero-order chi connectivity index (χ0) is 18.1. The van der Waals surface area contributed by atoms with Crippen molar-refractivity contribution < 1.29 is 23.9 Å². The first kappa shape index (κ1) is 17.1. The molecule has 0 radical (unpaired) electrons. The Morgan fingerprint density at radius 3 is 2.04 bits per heavy atom. The van der Waals surface area contributed by atoms with Crippen LogP contribution in [0.25, 0.3) is 0 Å². The van der Waals surface area contributed by atoms with Gasteiger partial charge in [-0.1, -0.05) is 12.2 Å². The molecule has 1 fully saturated rings. The van der Waals surface area contributed by atoms with Gasteiger partial charge in [0.05, 0.1) is 11.8 Å². The van der Waals surface area contributed by atoms with Gasteiger partial charge in [-0.05, 0) is 51.0 Å². The molecule has 0 unspecified atom stereocenters. The minimum atomic E-state index is -0.988. The fourth-order valence-corrected chi connectivity index (χ4v) is 3.27. The number of likely N-dealkylation sites (tertiary alicyclic amines) is 1. The number of ether oxygens (including phenoxy) is 1. The highest BCUT2D eigenvalue weighted by atomic mass is 16.5. The van der Waals surface area contributed by atoms with Crippen LogP contribution in [0.1, 0.15) is 37.0 Å². The predicted octanol–water partition coefficient (Wildman–Crippen LogP) is 2.13. The summed E-state index contributed by atoms with van der Waals surface area (Å²) in [5, 5.41) is 0. The highest BCUT2D eigenvalue weighted by Crippen LogP contribution is 2.36. The maximum absolute atomic E-state index is 12.5. The molecule has 1 aromatic carbocycles. The molecule has 1 aromatic rings. The molecule has 1 aliphatic carbocycles. The molecule has 130 valence electrons. The predicted molar refractivity (Wildman–Crippen MR) is 88.8 cm³/mol. The van der Waals surface area contributed by atoms with Gasteiger partial charge in [0.15, 0.2) is 5.78 Å².